The lowest BCUT2D eigenvalue weighted by molar-refractivity contribution is -0.126. The Balaban J connectivity index is 2.35. The number of carbonyl (C=O) groups is 1. The second-order valence-electron chi connectivity index (χ2n) is 3.36. The van der Waals surface area contributed by atoms with Crippen LogP contribution in [0.15, 0.2) is 0 Å². The van der Waals surface area contributed by atoms with Crippen LogP contribution in [-0.4, -0.2) is 49.6 Å². The summed E-state index contributed by atoms with van der Waals surface area (Å²) in [6, 6.07) is 0.0158. The van der Waals surface area contributed by atoms with Crippen molar-refractivity contribution in [3.63, 3.8) is 0 Å². The largest absolute Gasteiger partial charge is 0.355 e. The maximum absolute atomic E-state index is 11.5. The molecule has 1 unspecified atom stereocenters. The molecule has 0 radical (unpaired) electrons. The molecule has 0 aliphatic carbocycles. The molecule has 1 aliphatic heterocycles. The summed E-state index contributed by atoms with van der Waals surface area (Å²) in [5.74, 6) is 0.143. The van der Waals surface area contributed by atoms with Crippen molar-refractivity contribution in [3.05, 3.63) is 0 Å². The monoisotopic (exact) mass is 185 g/mol. The summed E-state index contributed by atoms with van der Waals surface area (Å²) >= 11 is 0. The van der Waals surface area contributed by atoms with Crippen LogP contribution in [0, 0.1) is 0 Å². The molecule has 0 aromatic carbocycles. The van der Waals surface area contributed by atoms with Crippen LogP contribution in [0.1, 0.15) is 13.8 Å². The zero-order valence-corrected chi connectivity index (χ0v) is 8.47. The molecule has 1 aliphatic rings. The second-order valence-corrected chi connectivity index (χ2v) is 3.36. The standard InChI is InChI=1S/C9H19N3O/c1-3-11-9(13)8(2)12-6-4-10-5-7-12/h8,10H,3-7H2,1-2H3,(H,11,13). The summed E-state index contributed by atoms with van der Waals surface area (Å²) in [6.07, 6.45) is 0. The van der Waals surface area contributed by atoms with Crippen LogP contribution in [0.25, 0.3) is 0 Å². The van der Waals surface area contributed by atoms with E-state index in [2.05, 4.69) is 15.5 Å². The van der Waals surface area contributed by atoms with Gasteiger partial charge in [0.1, 0.15) is 0 Å². The fourth-order valence-corrected chi connectivity index (χ4v) is 1.56. The number of carbonyl (C=O) groups excluding carboxylic acids is 1. The van der Waals surface area contributed by atoms with E-state index in [0.29, 0.717) is 0 Å². The third-order valence-electron chi connectivity index (χ3n) is 2.43. The van der Waals surface area contributed by atoms with E-state index in [1.165, 1.54) is 0 Å². The van der Waals surface area contributed by atoms with Gasteiger partial charge >= 0.3 is 0 Å². The molecular weight excluding hydrogens is 166 g/mol. The molecule has 1 fully saturated rings. The highest BCUT2D eigenvalue weighted by Gasteiger charge is 2.21. The molecule has 0 saturated carbocycles. The van der Waals surface area contributed by atoms with Gasteiger partial charge in [-0.25, -0.2) is 0 Å². The minimum atomic E-state index is 0.0158. The Bertz CT molecular complexity index is 166. The van der Waals surface area contributed by atoms with Crippen molar-refractivity contribution in [2.24, 2.45) is 0 Å². The van der Waals surface area contributed by atoms with Gasteiger partial charge in [-0.2, -0.15) is 0 Å². The molecule has 0 aromatic rings. The van der Waals surface area contributed by atoms with Crippen LogP contribution in [0.5, 0.6) is 0 Å². The molecule has 1 atom stereocenters. The highest BCUT2D eigenvalue weighted by atomic mass is 16.2. The lowest BCUT2D eigenvalue weighted by atomic mass is 10.2. The smallest absolute Gasteiger partial charge is 0.237 e. The Morgan fingerprint density at radius 1 is 1.54 bits per heavy atom. The van der Waals surface area contributed by atoms with Gasteiger partial charge in [-0.1, -0.05) is 0 Å². The molecule has 76 valence electrons. The summed E-state index contributed by atoms with van der Waals surface area (Å²) in [6.45, 7) is 8.55. The number of hydrogen-bond donors (Lipinski definition) is 2. The summed E-state index contributed by atoms with van der Waals surface area (Å²) in [4.78, 5) is 13.7. The number of amides is 1. The Hall–Kier alpha value is -0.610. The van der Waals surface area contributed by atoms with E-state index in [9.17, 15) is 4.79 Å². The Kier molecular flexibility index (Phi) is 4.18. The van der Waals surface area contributed by atoms with Gasteiger partial charge in [0.15, 0.2) is 0 Å². The molecule has 0 spiro atoms. The molecular formula is C9H19N3O. The Labute approximate surface area is 79.7 Å². The summed E-state index contributed by atoms with van der Waals surface area (Å²) < 4.78 is 0. The molecule has 4 heteroatoms. The van der Waals surface area contributed by atoms with Gasteiger partial charge in [0, 0.05) is 32.7 Å². The van der Waals surface area contributed by atoms with E-state index in [0.717, 1.165) is 32.7 Å². The van der Waals surface area contributed by atoms with Crippen molar-refractivity contribution in [2.75, 3.05) is 32.7 Å². The summed E-state index contributed by atoms with van der Waals surface area (Å²) in [7, 11) is 0. The first-order chi connectivity index (χ1) is 6.25. The molecule has 13 heavy (non-hydrogen) atoms. The van der Waals surface area contributed by atoms with Crippen LogP contribution < -0.4 is 10.6 Å². The predicted octanol–water partition coefficient (Wildman–Crippen LogP) is -0.584. The number of nitrogens with zero attached hydrogens (tertiary/aromatic N) is 1. The van der Waals surface area contributed by atoms with Crippen LogP contribution in [-0.2, 0) is 4.79 Å². The van der Waals surface area contributed by atoms with Gasteiger partial charge < -0.3 is 10.6 Å². The maximum atomic E-state index is 11.5. The van der Waals surface area contributed by atoms with Gasteiger partial charge in [0.2, 0.25) is 5.91 Å². The van der Waals surface area contributed by atoms with E-state index in [1.54, 1.807) is 0 Å². The number of piperazine rings is 1. The van der Waals surface area contributed by atoms with Gasteiger partial charge in [-0.05, 0) is 13.8 Å². The molecule has 1 amide bonds. The average molecular weight is 185 g/mol. The van der Waals surface area contributed by atoms with Gasteiger partial charge in [0.25, 0.3) is 0 Å². The molecule has 1 rings (SSSR count). The van der Waals surface area contributed by atoms with Crippen molar-refractivity contribution in [1.29, 1.82) is 0 Å². The average Bonchev–Trinajstić information content (AvgIpc) is 2.18. The van der Waals surface area contributed by atoms with Crippen LogP contribution in [0.3, 0.4) is 0 Å². The van der Waals surface area contributed by atoms with E-state index in [4.69, 9.17) is 0 Å². The Morgan fingerprint density at radius 3 is 2.69 bits per heavy atom. The first-order valence-corrected chi connectivity index (χ1v) is 4.98. The fourth-order valence-electron chi connectivity index (χ4n) is 1.56. The van der Waals surface area contributed by atoms with Crippen LogP contribution in [0.4, 0.5) is 0 Å². The SMILES string of the molecule is CCNC(=O)C(C)N1CCNCC1. The number of nitrogens with one attached hydrogen (secondary N) is 2. The fraction of sp³-hybridized carbons (Fsp3) is 0.889. The topological polar surface area (TPSA) is 44.4 Å². The highest BCUT2D eigenvalue weighted by molar-refractivity contribution is 5.81. The molecule has 0 bridgehead atoms. The van der Waals surface area contributed by atoms with Gasteiger partial charge in [-0.15, -0.1) is 0 Å². The zero-order chi connectivity index (χ0) is 9.68. The zero-order valence-electron chi connectivity index (χ0n) is 8.47. The van der Waals surface area contributed by atoms with E-state index < -0.39 is 0 Å². The molecule has 2 N–H and O–H groups in total. The molecule has 0 aromatic heterocycles. The van der Waals surface area contributed by atoms with Crippen molar-refractivity contribution < 1.29 is 4.79 Å². The van der Waals surface area contributed by atoms with E-state index in [-0.39, 0.29) is 11.9 Å². The van der Waals surface area contributed by atoms with E-state index in [1.807, 2.05) is 13.8 Å². The predicted molar refractivity (Wildman–Crippen MR) is 52.6 cm³/mol. The van der Waals surface area contributed by atoms with Crippen LogP contribution >= 0.6 is 0 Å². The van der Waals surface area contributed by atoms with Crippen LogP contribution in [0.2, 0.25) is 0 Å². The number of rotatable bonds is 3. The van der Waals surface area contributed by atoms with Crippen molar-refractivity contribution in [3.8, 4) is 0 Å². The maximum Gasteiger partial charge on any atom is 0.237 e. The summed E-state index contributed by atoms with van der Waals surface area (Å²) in [5.41, 5.74) is 0. The van der Waals surface area contributed by atoms with Crippen molar-refractivity contribution in [2.45, 2.75) is 19.9 Å². The van der Waals surface area contributed by atoms with Gasteiger partial charge in [0.05, 0.1) is 6.04 Å². The summed E-state index contributed by atoms with van der Waals surface area (Å²) in [5, 5.41) is 6.11. The first-order valence-electron chi connectivity index (χ1n) is 4.98. The molecule has 1 heterocycles. The first kappa shape index (κ1) is 10.5. The number of hydrogen-bond acceptors (Lipinski definition) is 3. The lowest BCUT2D eigenvalue weighted by Gasteiger charge is -2.31. The third kappa shape index (κ3) is 2.97. The van der Waals surface area contributed by atoms with E-state index >= 15 is 0 Å². The second kappa shape index (κ2) is 5.19. The Morgan fingerprint density at radius 2 is 2.15 bits per heavy atom. The number of likely N-dealkylation sites (N-methyl/N-ethyl adjacent to an activating group) is 1. The minimum Gasteiger partial charge on any atom is -0.355 e. The highest BCUT2D eigenvalue weighted by Crippen LogP contribution is 2.00. The van der Waals surface area contributed by atoms with Crippen molar-refractivity contribution >= 4 is 5.91 Å². The molecule has 1 saturated heterocycles. The molecule has 4 nitrogen and oxygen atoms in total. The van der Waals surface area contributed by atoms with Gasteiger partial charge in [-0.3, -0.25) is 9.69 Å². The minimum absolute atomic E-state index is 0.0158. The van der Waals surface area contributed by atoms with Crippen molar-refractivity contribution in [1.82, 2.24) is 15.5 Å². The quantitative estimate of drug-likeness (QED) is 0.618. The normalized spacial score (nSPS) is 21.1. The lowest BCUT2D eigenvalue weighted by Crippen LogP contribution is -2.52. The third-order valence-corrected chi connectivity index (χ3v) is 2.43.